The Balaban J connectivity index is 4.13. The van der Waals surface area contributed by atoms with Gasteiger partial charge in [0.15, 0.2) is 0 Å². The minimum atomic E-state index is 1.07. The van der Waals surface area contributed by atoms with Gasteiger partial charge in [-0.15, -0.1) is 6.58 Å². The minimum Gasteiger partial charge on any atom is -0.103 e. The Labute approximate surface area is 64.6 Å². The van der Waals surface area contributed by atoms with Crippen LogP contribution in [0.3, 0.4) is 0 Å². The van der Waals surface area contributed by atoms with Gasteiger partial charge in [0.05, 0.1) is 0 Å². The Hall–Kier alpha value is -0.520. The van der Waals surface area contributed by atoms with Gasteiger partial charge in [-0.05, 0) is 26.2 Å². The van der Waals surface area contributed by atoms with Crippen molar-refractivity contribution in [3.05, 3.63) is 23.8 Å². The molecule has 0 fully saturated rings. The summed E-state index contributed by atoms with van der Waals surface area (Å²) >= 11 is 0. The van der Waals surface area contributed by atoms with Crippen LogP contribution in [0.25, 0.3) is 0 Å². The van der Waals surface area contributed by atoms with Crippen LogP contribution in [0.4, 0.5) is 0 Å². The van der Waals surface area contributed by atoms with E-state index in [1.165, 1.54) is 18.4 Å². The third kappa shape index (κ3) is 2.86. The van der Waals surface area contributed by atoms with Crippen molar-refractivity contribution in [1.82, 2.24) is 0 Å². The van der Waals surface area contributed by atoms with Gasteiger partial charge in [-0.2, -0.15) is 0 Å². The van der Waals surface area contributed by atoms with Gasteiger partial charge in [-0.3, -0.25) is 0 Å². The molecule has 10 heavy (non-hydrogen) atoms. The van der Waals surface area contributed by atoms with E-state index in [1.54, 1.807) is 5.57 Å². The van der Waals surface area contributed by atoms with Crippen molar-refractivity contribution in [3.63, 3.8) is 0 Å². The van der Waals surface area contributed by atoms with E-state index in [9.17, 15) is 0 Å². The first kappa shape index (κ1) is 9.48. The van der Waals surface area contributed by atoms with Crippen LogP contribution < -0.4 is 0 Å². The molecule has 0 rings (SSSR count). The van der Waals surface area contributed by atoms with Crippen LogP contribution in [-0.4, -0.2) is 0 Å². The normalized spacial score (nSPS) is 12.7. The van der Waals surface area contributed by atoms with Gasteiger partial charge >= 0.3 is 0 Å². The van der Waals surface area contributed by atoms with E-state index in [4.69, 9.17) is 0 Å². The molecule has 0 aliphatic heterocycles. The number of hydrogen-bond donors (Lipinski definition) is 0. The van der Waals surface area contributed by atoms with Crippen LogP contribution in [0.15, 0.2) is 23.8 Å². The first-order valence-electron chi connectivity index (χ1n) is 4.04. The highest BCUT2D eigenvalue weighted by Gasteiger charge is 1.94. The summed E-state index contributed by atoms with van der Waals surface area (Å²) in [6.45, 7) is 10.4. The van der Waals surface area contributed by atoms with Crippen molar-refractivity contribution in [3.8, 4) is 0 Å². The van der Waals surface area contributed by atoms with E-state index in [0.717, 1.165) is 6.42 Å². The van der Waals surface area contributed by atoms with Crippen molar-refractivity contribution < 1.29 is 0 Å². The summed E-state index contributed by atoms with van der Waals surface area (Å²) in [4.78, 5) is 0. The number of allylic oxidation sites excluding steroid dienone is 3. The largest absolute Gasteiger partial charge is 0.103 e. The molecule has 0 aliphatic carbocycles. The van der Waals surface area contributed by atoms with Crippen LogP contribution in [0.1, 0.15) is 40.0 Å². The molecular weight excluding hydrogens is 120 g/mol. The standard InChI is InChI=1S/C10H18/c1-5-8-10(7-3)9(4)6-2/h5H,1,6-8H2,2-4H3/b10-9+. The molecule has 0 aliphatic rings. The van der Waals surface area contributed by atoms with E-state index in [0.29, 0.717) is 0 Å². The molecular formula is C10H18. The lowest BCUT2D eigenvalue weighted by Gasteiger charge is -2.04. The van der Waals surface area contributed by atoms with E-state index in [-0.39, 0.29) is 0 Å². The second-order valence-corrected chi connectivity index (χ2v) is 2.58. The zero-order chi connectivity index (χ0) is 7.98. The second-order valence-electron chi connectivity index (χ2n) is 2.58. The van der Waals surface area contributed by atoms with Gasteiger partial charge in [0.1, 0.15) is 0 Å². The van der Waals surface area contributed by atoms with Gasteiger partial charge in [0.25, 0.3) is 0 Å². The van der Waals surface area contributed by atoms with Crippen molar-refractivity contribution in [2.75, 3.05) is 0 Å². The number of hydrogen-bond acceptors (Lipinski definition) is 0. The highest BCUT2D eigenvalue weighted by atomic mass is 14.0. The second kappa shape index (κ2) is 5.28. The SMILES string of the molecule is C=CC/C(CC)=C(\C)CC. The molecule has 0 saturated carbocycles. The van der Waals surface area contributed by atoms with E-state index >= 15 is 0 Å². The molecule has 0 bridgehead atoms. The minimum absolute atomic E-state index is 1.07. The summed E-state index contributed by atoms with van der Waals surface area (Å²) in [5, 5.41) is 0. The predicted molar refractivity (Wildman–Crippen MR) is 48.1 cm³/mol. The van der Waals surface area contributed by atoms with Crippen LogP contribution >= 0.6 is 0 Å². The molecule has 0 aromatic rings. The highest BCUT2D eigenvalue weighted by Crippen LogP contribution is 2.15. The predicted octanol–water partition coefficient (Wildman–Crippen LogP) is 3.70. The third-order valence-electron chi connectivity index (χ3n) is 1.95. The average Bonchev–Trinajstić information content (AvgIpc) is 1.99. The Kier molecular flexibility index (Phi) is 5.00. The fourth-order valence-electron chi connectivity index (χ4n) is 1.04. The lowest BCUT2D eigenvalue weighted by atomic mass is 10.0. The Morgan fingerprint density at radius 2 is 1.90 bits per heavy atom. The monoisotopic (exact) mass is 138 g/mol. The summed E-state index contributed by atoms with van der Waals surface area (Å²) in [7, 11) is 0. The Morgan fingerprint density at radius 1 is 1.30 bits per heavy atom. The molecule has 0 N–H and O–H groups in total. The molecule has 0 aromatic heterocycles. The first-order chi connectivity index (χ1) is 4.76. The van der Waals surface area contributed by atoms with Gasteiger partial charge in [-0.1, -0.05) is 31.1 Å². The van der Waals surface area contributed by atoms with E-state index < -0.39 is 0 Å². The molecule has 0 heteroatoms. The lowest BCUT2D eigenvalue weighted by molar-refractivity contribution is 0.946. The van der Waals surface area contributed by atoms with Crippen molar-refractivity contribution in [1.29, 1.82) is 0 Å². The molecule has 0 aromatic carbocycles. The summed E-state index contributed by atoms with van der Waals surface area (Å²) in [5.74, 6) is 0. The molecule has 0 heterocycles. The molecule has 0 nitrogen and oxygen atoms in total. The zero-order valence-electron chi connectivity index (χ0n) is 7.41. The maximum atomic E-state index is 3.73. The lowest BCUT2D eigenvalue weighted by Crippen LogP contribution is -1.84. The van der Waals surface area contributed by atoms with Crippen LogP contribution in [-0.2, 0) is 0 Å². The van der Waals surface area contributed by atoms with Crippen molar-refractivity contribution >= 4 is 0 Å². The fraction of sp³-hybridized carbons (Fsp3) is 0.600. The van der Waals surface area contributed by atoms with Crippen LogP contribution in [0.2, 0.25) is 0 Å². The molecule has 0 spiro atoms. The Morgan fingerprint density at radius 3 is 2.20 bits per heavy atom. The fourth-order valence-corrected chi connectivity index (χ4v) is 1.04. The molecule has 0 radical (unpaired) electrons. The first-order valence-corrected chi connectivity index (χ1v) is 4.04. The van der Waals surface area contributed by atoms with E-state index in [1.807, 2.05) is 6.08 Å². The molecule has 0 unspecified atom stereocenters. The van der Waals surface area contributed by atoms with Crippen molar-refractivity contribution in [2.45, 2.75) is 40.0 Å². The summed E-state index contributed by atoms with van der Waals surface area (Å²) < 4.78 is 0. The number of rotatable bonds is 4. The van der Waals surface area contributed by atoms with E-state index in [2.05, 4.69) is 27.4 Å². The van der Waals surface area contributed by atoms with Crippen LogP contribution in [0, 0.1) is 0 Å². The van der Waals surface area contributed by atoms with Gasteiger partial charge in [0.2, 0.25) is 0 Å². The highest BCUT2D eigenvalue weighted by molar-refractivity contribution is 5.13. The van der Waals surface area contributed by atoms with Crippen molar-refractivity contribution in [2.24, 2.45) is 0 Å². The van der Waals surface area contributed by atoms with Crippen LogP contribution in [0.5, 0.6) is 0 Å². The summed E-state index contributed by atoms with van der Waals surface area (Å²) in [6.07, 6.45) is 5.40. The Bertz CT molecular complexity index is 129. The smallest absolute Gasteiger partial charge is 0.0139 e. The van der Waals surface area contributed by atoms with Gasteiger partial charge in [-0.25, -0.2) is 0 Å². The molecule has 0 amide bonds. The topological polar surface area (TPSA) is 0 Å². The molecule has 0 saturated heterocycles. The van der Waals surface area contributed by atoms with Gasteiger partial charge in [0, 0.05) is 0 Å². The quantitative estimate of drug-likeness (QED) is 0.520. The maximum absolute atomic E-state index is 3.73. The molecule has 58 valence electrons. The average molecular weight is 138 g/mol. The molecule has 0 atom stereocenters. The summed E-state index contributed by atoms with van der Waals surface area (Å²) in [5.41, 5.74) is 3.08. The maximum Gasteiger partial charge on any atom is -0.0139 e. The summed E-state index contributed by atoms with van der Waals surface area (Å²) in [6, 6.07) is 0. The third-order valence-corrected chi connectivity index (χ3v) is 1.95. The zero-order valence-corrected chi connectivity index (χ0v) is 7.41. The van der Waals surface area contributed by atoms with Gasteiger partial charge < -0.3 is 0 Å².